The van der Waals surface area contributed by atoms with Crippen LogP contribution in [0.25, 0.3) is 6.08 Å². The second kappa shape index (κ2) is 4.70. The summed E-state index contributed by atoms with van der Waals surface area (Å²) in [5.41, 5.74) is 0.782. The number of halogens is 1. The standard InChI is InChI=1S/C10H13BrN2O2/c11-5-1-2-6-13-7-3-4-8-9(13)15-10(14)12-8/h3-4H,1-2,5-7H2,(H,12,14). The van der Waals surface area contributed by atoms with Crippen molar-refractivity contribution >= 4 is 27.9 Å². The first-order chi connectivity index (χ1) is 7.31. The predicted octanol–water partition coefficient (Wildman–Crippen LogP) is 1.98. The fourth-order valence-electron chi connectivity index (χ4n) is 1.65. The van der Waals surface area contributed by atoms with E-state index in [4.69, 9.17) is 4.42 Å². The summed E-state index contributed by atoms with van der Waals surface area (Å²) in [5.74, 6) is 0.300. The van der Waals surface area contributed by atoms with Crippen LogP contribution in [0.15, 0.2) is 15.3 Å². The largest absolute Gasteiger partial charge is 0.418 e. The molecule has 0 spiro atoms. The third kappa shape index (κ3) is 2.34. The van der Waals surface area contributed by atoms with E-state index in [0.29, 0.717) is 5.88 Å². The molecule has 0 fully saturated rings. The smallest absolute Gasteiger partial charge is 0.391 e. The average molecular weight is 273 g/mol. The van der Waals surface area contributed by atoms with E-state index in [1.54, 1.807) is 0 Å². The van der Waals surface area contributed by atoms with Gasteiger partial charge in [0, 0.05) is 18.4 Å². The summed E-state index contributed by atoms with van der Waals surface area (Å²) < 4.78 is 5.10. The van der Waals surface area contributed by atoms with Gasteiger partial charge in [-0.05, 0) is 18.9 Å². The second-order valence-corrected chi connectivity index (χ2v) is 4.27. The topological polar surface area (TPSA) is 49.2 Å². The number of H-pyrrole nitrogens is 1. The summed E-state index contributed by atoms with van der Waals surface area (Å²) >= 11 is 3.40. The molecule has 0 saturated carbocycles. The van der Waals surface area contributed by atoms with Gasteiger partial charge in [-0.1, -0.05) is 22.0 Å². The highest BCUT2D eigenvalue weighted by Gasteiger charge is 2.17. The van der Waals surface area contributed by atoms with Crippen molar-refractivity contribution in [3.05, 3.63) is 22.3 Å². The number of rotatable bonds is 4. The molecule has 5 heteroatoms. The Morgan fingerprint density at radius 2 is 2.40 bits per heavy atom. The van der Waals surface area contributed by atoms with E-state index in [0.717, 1.165) is 37.0 Å². The molecule has 2 heterocycles. The number of hydrogen-bond acceptors (Lipinski definition) is 3. The van der Waals surface area contributed by atoms with Crippen LogP contribution in [0.2, 0.25) is 0 Å². The van der Waals surface area contributed by atoms with Gasteiger partial charge in [0.25, 0.3) is 0 Å². The molecule has 0 aliphatic carbocycles. The number of hydrogen-bond donors (Lipinski definition) is 1. The zero-order chi connectivity index (χ0) is 10.7. The van der Waals surface area contributed by atoms with Crippen molar-refractivity contribution in [2.45, 2.75) is 12.8 Å². The van der Waals surface area contributed by atoms with Gasteiger partial charge >= 0.3 is 5.76 Å². The highest BCUT2D eigenvalue weighted by molar-refractivity contribution is 9.09. The Morgan fingerprint density at radius 1 is 1.53 bits per heavy atom. The van der Waals surface area contributed by atoms with Crippen molar-refractivity contribution in [1.82, 2.24) is 4.98 Å². The number of fused-ring (bicyclic) bond motifs is 1. The zero-order valence-corrected chi connectivity index (χ0v) is 9.92. The van der Waals surface area contributed by atoms with Gasteiger partial charge in [0.15, 0.2) is 0 Å². The van der Waals surface area contributed by atoms with Crippen LogP contribution < -0.4 is 10.7 Å². The lowest BCUT2D eigenvalue weighted by Crippen LogP contribution is -2.26. The Morgan fingerprint density at radius 3 is 3.20 bits per heavy atom. The summed E-state index contributed by atoms with van der Waals surface area (Å²) in [6, 6.07) is 0. The minimum Gasteiger partial charge on any atom is -0.391 e. The van der Waals surface area contributed by atoms with Crippen LogP contribution in [-0.2, 0) is 0 Å². The van der Waals surface area contributed by atoms with Crippen LogP contribution in [0.3, 0.4) is 0 Å². The Labute approximate surface area is 96.1 Å². The first-order valence-corrected chi connectivity index (χ1v) is 6.14. The minimum atomic E-state index is -0.378. The van der Waals surface area contributed by atoms with E-state index in [1.807, 2.05) is 12.2 Å². The molecule has 1 aliphatic heterocycles. The van der Waals surface area contributed by atoms with Crippen LogP contribution in [-0.4, -0.2) is 23.4 Å². The molecule has 1 aliphatic rings. The third-order valence-corrected chi connectivity index (χ3v) is 2.93. The summed E-state index contributed by atoms with van der Waals surface area (Å²) in [4.78, 5) is 15.8. The predicted molar refractivity (Wildman–Crippen MR) is 63.6 cm³/mol. The maximum atomic E-state index is 11.0. The molecule has 0 saturated heterocycles. The maximum absolute atomic E-state index is 11.0. The van der Waals surface area contributed by atoms with Crippen LogP contribution >= 0.6 is 15.9 Å². The lowest BCUT2D eigenvalue weighted by atomic mass is 10.2. The molecule has 0 aromatic carbocycles. The lowest BCUT2D eigenvalue weighted by Gasteiger charge is -2.22. The highest BCUT2D eigenvalue weighted by Crippen LogP contribution is 2.22. The third-order valence-electron chi connectivity index (χ3n) is 2.37. The summed E-state index contributed by atoms with van der Waals surface area (Å²) in [7, 11) is 0. The molecule has 82 valence electrons. The number of nitrogens with one attached hydrogen (secondary N) is 1. The van der Waals surface area contributed by atoms with Crippen molar-refractivity contribution < 1.29 is 4.42 Å². The molecule has 15 heavy (non-hydrogen) atoms. The number of nitrogens with zero attached hydrogens (tertiary/aromatic N) is 1. The summed E-state index contributed by atoms with van der Waals surface area (Å²) in [6.45, 7) is 1.74. The molecule has 0 bridgehead atoms. The fraction of sp³-hybridized carbons (Fsp3) is 0.500. The average Bonchev–Trinajstić information content (AvgIpc) is 2.59. The lowest BCUT2D eigenvalue weighted by molar-refractivity contribution is 0.502. The van der Waals surface area contributed by atoms with Crippen molar-refractivity contribution in [3.8, 4) is 0 Å². The van der Waals surface area contributed by atoms with E-state index in [9.17, 15) is 4.79 Å². The molecule has 0 radical (unpaired) electrons. The summed E-state index contributed by atoms with van der Waals surface area (Å²) in [5, 5.41) is 1.01. The van der Waals surface area contributed by atoms with Gasteiger partial charge in [-0.3, -0.25) is 4.98 Å². The van der Waals surface area contributed by atoms with Crippen molar-refractivity contribution in [1.29, 1.82) is 0 Å². The first kappa shape index (κ1) is 10.5. The molecule has 1 aromatic rings. The van der Waals surface area contributed by atoms with Gasteiger partial charge in [-0.25, -0.2) is 4.79 Å². The monoisotopic (exact) mass is 272 g/mol. The van der Waals surface area contributed by atoms with Gasteiger partial charge in [0.1, 0.15) is 5.69 Å². The van der Waals surface area contributed by atoms with Gasteiger partial charge in [0.05, 0.1) is 0 Å². The highest BCUT2D eigenvalue weighted by atomic mass is 79.9. The number of oxazole rings is 1. The normalized spacial score (nSPS) is 14.3. The van der Waals surface area contributed by atoms with Gasteiger partial charge in [0.2, 0.25) is 5.88 Å². The Kier molecular flexibility index (Phi) is 3.30. The molecule has 0 unspecified atom stereocenters. The zero-order valence-electron chi connectivity index (χ0n) is 8.33. The van der Waals surface area contributed by atoms with Crippen LogP contribution in [0.4, 0.5) is 5.88 Å². The van der Waals surface area contributed by atoms with E-state index in [1.165, 1.54) is 0 Å². The molecule has 1 N–H and O–H groups in total. The fourth-order valence-corrected chi connectivity index (χ4v) is 2.05. The number of alkyl halides is 1. The van der Waals surface area contributed by atoms with Crippen LogP contribution in [0, 0.1) is 0 Å². The number of unbranched alkanes of at least 4 members (excludes halogenated alkanes) is 1. The van der Waals surface area contributed by atoms with E-state index in [-0.39, 0.29) is 5.76 Å². The Hall–Kier alpha value is -0.970. The van der Waals surface area contributed by atoms with Crippen LogP contribution in [0.1, 0.15) is 18.5 Å². The minimum absolute atomic E-state index is 0.378. The Balaban J connectivity index is 2.08. The Bertz CT molecular complexity index is 408. The van der Waals surface area contributed by atoms with Gasteiger partial charge in [-0.15, -0.1) is 0 Å². The number of aromatic amines is 1. The maximum Gasteiger partial charge on any atom is 0.418 e. The van der Waals surface area contributed by atoms with E-state index in [2.05, 4.69) is 25.8 Å². The SMILES string of the molecule is O=c1[nH]c2c(o1)N(CCCCBr)CC=C2. The van der Waals surface area contributed by atoms with Crippen molar-refractivity contribution in [2.75, 3.05) is 23.3 Å². The van der Waals surface area contributed by atoms with Crippen LogP contribution in [0.5, 0.6) is 0 Å². The van der Waals surface area contributed by atoms with Gasteiger partial charge < -0.3 is 9.32 Å². The molecule has 0 amide bonds. The number of aromatic nitrogens is 1. The molecular weight excluding hydrogens is 260 g/mol. The first-order valence-electron chi connectivity index (χ1n) is 5.02. The molecular formula is C10H13BrN2O2. The van der Waals surface area contributed by atoms with Crippen molar-refractivity contribution in [2.24, 2.45) is 0 Å². The summed E-state index contributed by atoms with van der Waals surface area (Å²) in [6.07, 6.45) is 6.14. The second-order valence-electron chi connectivity index (χ2n) is 3.48. The van der Waals surface area contributed by atoms with E-state index >= 15 is 0 Å². The van der Waals surface area contributed by atoms with E-state index < -0.39 is 0 Å². The van der Waals surface area contributed by atoms with Crippen molar-refractivity contribution in [3.63, 3.8) is 0 Å². The molecule has 2 rings (SSSR count). The molecule has 0 atom stereocenters. The molecule has 4 nitrogen and oxygen atoms in total. The quantitative estimate of drug-likeness (QED) is 0.674. The number of anilines is 1. The molecule has 1 aromatic heterocycles. The van der Waals surface area contributed by atoms with Gasteiger partial charge in [-0.2, -0.15) is 0 Å².